The average Bonchev–Trinajstić information content (AvgIpc) is 2.43. The minimum atomic E-state index is -0.619. The van der Waals surface area contributed by atoms with Crippen LogP contribution in [0.25, 0.3) is 6.08 Å². The Labute approximate surface area is 106 Å². The van der Waals surface area contributed by atoms with E-state index in [4.69, 9.17) is 4.74 Å². The summed E-state index contributed by atoms with van der Waals surface area (Å²) in [6.07, 6.45) is 2.95. The monoisotopic (exact) mass is 238 g/mol. The summed E-state index contributed by atoms with van der Waals surface area (Å²) in [6, 6.07) is 17.4. The van der Waals surface area contributed by atoms with E-state index in [1.165, 1.54) is 0 Å². The summed E-state index contributed by atoms with van der Waals surface area (Å²) in [5, 5.41) is 10.3. The van der Waals surface area contributed by atoms with E-state index in [0.29, 0.717) is 0 Å². The minimum absolute atomic E-state index is 0.331. The predicted octanol–water partition coefficient (Wildman–Crippen LogP) is 3.19. The molecule has 0 amide bonds. The lowest BCUT2D eigenvalue weighted by molar-refractivity contribution is 0.0623. The van der Waals surface area contributed by atoms with Crippen LogP contribution in [0.5, 0.6) is 5.75 Å². The van der Waals surface area contributed by atoms with E-state index in [0.717, 1.165) is 16.9 Å². The topological polar surface area (TPSA) is 29.5 Å². The Hall–Kier alpha value is -2.06. The summed E-state index contributed by atoms with van der Waals surface area (Å²) in [5.74, 6) is 0.769. The first kappa shape index (κ1) is 11.1. The lowest BCUT2D eigenvalue weighted by atomic mass is 9.93. The van der Waals surface area contributed by atoms with Gasteiger partial charge in [-0.2, -0.15) is 0 Å². The van der Waals surface area contributed by atoms with E-state index in [9.17, 15) is 5.11 Å². The van der Waals surface area contributed by atoms with Gasteiger partial charge in [-0.15, -0.1) is 0 Å². The molecule has 0 radical (unpaired) electrons. The summed E-state index contributed by atoms with van der Waals surface area (Å²) >= 11 is 0. The molecular weight excluding hydrogens is 224 g/mol. The molecule has 2 aromatic rings. The lowest BCUT2D eigenvalue weighted by Gasteiger charge is -2.26. The number of hydrogen-bond donors (Lipinski definition) is 1. The van der Waals surface area contributed by atoms with Crippen LogP contribution in [0.1, 0.15) is 17.2 Å². The zero-order valence-corrected chi connectivity index (χ0v) is 9.86. The molecule has 0 unspecified atom stereocenters. The molecule has 0 heterocycles. The van der Waals surface area contributed by atoms with Gasteiger partial charge >= 0.3 is 0 Å². The van der Waals surface area contributed by atoms with Gasteiger partial charge in [-0.1, -0.05) is 48.5 Å². The number of para-hydroxylation sites is 1. The van der Waals surface area contributed by atoms with Crippen molar-refractivity contribution in [3.63, 3.8) is 0 Å². The molecule has 3 rings (SSSR count). The smallest absolute Gasteiger partial charge is 0.147 e. The Morgan fingerprint density at radius 1 is 0.889 bits per heavy atom. The van der Waals surface area contributed by atoms with Crippen LogP contribution in [-0.4, -0.2) is 11.2 Å². The third-order valence-electron chi connectivity index (χ3n) is 3.11. The number of aliphatic hydroxyl groups is 1. The molecule has 18 heavy (non-hydrogen) atoms. The molecule has 0 fully saturated rings. The van der Waals surface area contributed by atoms with Crippen LogP contribution in [0.2, 0.25) is 0 Å². The highest BCUT2D eigenvalue weighted by Gasteiger charge is 2.25. The fraction of sp³-hybridized carbons (Fsp3) is 0.125. The first-order valence-corrected chi connectivity index (χ1v) is 6.01. The Morgan fingerprint density at radius 2 is 1.61 bits per heavy atom. The van der Waals surface area contributed by atoms with Crippen molar-refractivity contribution in [1.29, 1.82) is 0 Å². The zero-order chi connectivity index (χ0) is 12.4. The minimum Gasteiger partial charge on any atom is -0.483 e. The lowest BCUT2D eigenvalue weighted by Crippen LogP contribution is -2.25. The normalized spacial score (nSPS) is 21.4. The second-order valence-electron chi connectivity index (χ2n) is 4.33. The Kier molecular flexibility index (Phi) is 2.87. The number of fused-ring (bicyclic) bond motifs is 1. The molecule has 2 heteroatoms. The molecule has 90 valence electrons. The van der Waals surface area contributed by atoms with Gasteiger partial charge in [0, 0.05) is 0 Å². The van der Waals surface area contributed by atoms with Gasteiger partial charge in [0.2, 0.25) is 0 Å². The molecule has 0 bridgehead atoms. The van der Waals surface area contributed by atoms with Gasteiger partial charge in [0.25, 0.3) is 0 Å². The van der Waals surface area contributed by atoms with Crippen LogP contribution in [0.3, 0.4) is 0 Å². The Balaban J connectivity index is 1.85. The molecular formula is C16H14O2. The van der Waals surface area contributed by atoms with Gasteiger partial charge in [-0.25, -0.2) is 0 Å². The van der Waals surface area contributed by atoms with Gasteiger partial charge in [0.15, 0.2) is 0 Å². The molecule has 1 N–H and O–H groups in total. The highest BCUT2D eigenvalue weighted by atomic mass is 16.5. The quantitative estimate of drug-likeness (QED) is 0.870. The molecule has 0 saturated carbocycles. The maximum absolute atomic E-state index is 10.3. The SMILES string of the molecule is O[C@H]1c2ccccc2C=C[C@H]1Oc1ccccc1. The summed E-state index contributed by atoms with van der Waals surface area (Å²) in [4.78, 5) is 0. The van der Waals surface area contributed by atoms with Gasteiger partial charge in [0.1, 0.15) is 18.0 Å². The molecule has 1 aliphatic carbocycles. The number of hydrogen-bond acceptors (Lipinski definition) is 2. The molecule has 0 saturated heterocycles. The van der Waals surface area contributed by atoms with Crippen molar-refractivity contribution >= 4 is 6.08 Å². The first-order valence-electron chi connectivity index (χ1n) is 6.01. The van der Waals surface area contributed by atoms with Gasteiger partial charge in [-0.3, -0.25) is 0 Å². The summed E-state index contributed by atoms with van der Waals surface area (Å²) in [5.41, 5.74) is 1.97. The average molecular weight is 238 g/mol. The van der Waals surface area contributed by atoms with E-state index in [2.05, 4.69) is 0 Å². The van der Waals surface area contributed by atoms with E-state index in [1.54, 1.807) is 0 Å². The number of ether oxygens (including phenoxy) is 1. The fourth-order valence-corrected chi connectivity index (χ4v) is 2.17. The number of rotatable bonds is 2. The van der Waals surface area contributed by atoms with Crippen LogP contribution in [-0.2, 0) is 0 Å². The maximum Gasteiger partial charge on any atom is 0.147 e. The molecule has 2 nitrogen and oxygen atoms in total. The second-order valence-corrected chi connectivity index (χ2v) is 4.33. The van der Waals surface area contributed by atoms with Crippen LogP contribution >= 0.6 is 0 Å². The van der Waals surface area contributed by atoms with E-state index in [1.807, 2.05) is 66.7 Å². The fourth-order valence-electron chi connectivity index (χ4n) is 2.17. The Bertz CT molecular complexity index is 560. The third-order valence-corrected chi connectivity index (χ3v) is 3.11. The van der Waals surface area contributed by atoms with Crippen molar-refractivity contribution in [2.24, 2.45) is 0 Å². The number of aliphatic hydroxyl groups excluding tert-OH is 1. The molecule has 0 spiro atoms. The van der Waals surface area contributed by atoms with E-state index in [-0.39, 0.29) is 6.10 Å². The van der Waals surface area contributed by atoms with Gasteiger partial charge in [-0.05, 0) is 29.3 Å². The van der Waals surface area contributed by atoms with Crippen molar-refractivity contribution in [3.8, 4) is 5.75 Å². The molecule has 0 aliphatic heterocycles. The van der Waals surface area contributed by atoms with Crippen LogP contribution in [0.4, 0.5) is 0 Å². The summed E-state index contributed by atoms with van der Waals surface area (Å²) in [7, 11) is 0. The molecule has 2 atom stereocenters. The third kappa shape index (κ3) is 2.03. The van der Waals surface area contributed by atoms with E-state index >= 15 is 0 Å². The summed E-state index contributed by atoms with van der Waals surface area (Å²) < 4.78 is 5.79. The van der Waals surface area contributed by atoms with Crippen LogP contribution in [0, 0.1) is 0 Å². The standard InChI is InChI=1S/C16H14O2/c17-16-14-9-5-4-6-12(14)10-11-15(16)18-13-7-2-1-3-8-13/h1-11,15-17H/t15-,16+/m1/s1. The van der Waals surface area contributed by atoms with Gasteiger partial charge < -0.3 is 9.84 Å². The zero-order valence-electron chi connectivity index (χ0n) is 9.86. The summed E-state index contributed by atoms with van der Waals surface area (Å²) in [6.45, 7) is 0. The van der Waals surface area contributed by atoms with E-state index < -0.39 is 6.10 Å². The molecule has 0 aromatic heterocycles. The van der Waals surface area contributed by atoms with Crippen molar-refractivity contribution in [2.45, 2.75) is 12.2 Å². The van der Waals surface area contributed by atoms with Crippen LogP contribution in [0.15, 0.2) is 60.7 Å². The van der Waals surface area contributed by atoms with Crippen molar-refractivity contribution in [1.82, 2.24) is 0 Å². The van der Waals surface area contributed by atoms with Crippen LogP contribution < -0.4 is 4.74 Å². The second kappa shape index (κ2) is 4.67. The highest BCUT2D eigenvalue weighted by molar-refractivity contribution is 5.58. The van der Waals surface area contributed by atoms with Crippen molar-refractivity contribution < 1.29 is 9.84 Å². The molecule has 1 aliphatic rings. The van der Waals surface area contributed by atoms with Gasteiger partial charge in [0.05, 0.1) is 0 Å². The van der Waals surface area contributed by atoms with Crippen molar-refractivity contribution in [3.05, 3.63) is 71.8 Å². The predicted molar refractivity (Wildman–Crippen MR) is 71.3 cm³/mol. The largest absolute Gasteiger partial charge is 0.483 e. The van der Waals surface area contributed by atoms with Crippen molar-refractivity contribution in [2.75, 3.05) is 0 Å². The maximum atomic E-state index is 10.3. The Morgan fingerprint density at radius 3 is 2.44 bits per heavy atom. The highest BCUT2D eigenvalue weighted by Crippen LogP contribution is 2.30. The molecule has 2 aromatic carbocycles. The number of benzene rings is 2. The first-order chi connectivity index (χ1) is 8.84.